The minimum absolute atomic E-state index is 0.302. The summed E-state index contributed by atoms with van der Waals surface area (Å²) in [6.45, 7) is 0. The second kappa shape index (κ2) is 4.60. The molecule has 1 aromatic heterocycles. The first-order valence-electron chi connectivity index (χ1n) is 3.88. The van der Waals surface area contributed by atoms with Gasteiger partial charge >= 0.3 is 6.18 Å². The number of pyridine rings is 1. The largest absolute Gasteiger partial charge is 0.433 e. The van der Waals surface area contributed by atoms with Crippen molar-refractivity contribution >= 4 is 15.9 Å². The van der Waals surface area contributed by atoms with Crippen molar-refractivity contribution in [3.63, 3.8) is 0 Å². The predicted molar refractivity (Wildman–Crippen MR) is 46.8 cm³/mol. The molecular weight excluding hydrogens is 304 g/mol. The van der Waals surface area contributed by atoms with Crippen LogP contribution in [-0.2, 0) is 11.5 Å². The van der Waals surface area contributed by atoms with Gasteiger partial charge in [-0.25, -0.2) is 18.2 Å². The van der Waals surface area contributed by atoms with E-state index in [0.717, 1.165) is 0 Å². The molecule has 0 N–H and O–H groups in total. The number of aromatic nitrogens is 1. The monoisotopic (exact) mass is 307 g/mol. The lowest BCUT2D eigenvalue weighted by Crippen LogP contribution is -2.14. The molecule has 0 radical (unpaired) electrons. The number of nitrogens with zero attached hydrogens (tertiary/aromatic N) is 1. The molecule has 0 aliphatic rings. The van der Waals surface area contributed by atoms with Crippen molar-refractivity contribution in [2.75, 3.05) is 0 Å². The average Bonchev–Trinajstić information content (AvgIpc) is 2.14. The van der Waals surface area contributed by atoms with Gasteiger partial charge in [0, 0.05) is 17.0 Å². The first-order valence-corrected chi connectivity index (χ1v) is 5.00. The third kappa shape index (κ3) is 2.66. The summed E-state index contributed by atoms with van der Waals surface area (Å²) < 4.78 is 74.5. The van der Waals surface area contributed by atoms with Crippen LogP contribution in [0.1, 0.15) is 23.4 Å². The lowest BCUT2D eigenvalue weighted by atomic mass is 10.1. The van der Waals surface area contributed by atoms with Crippen LogP contribution in [0.15, 0.2) is 6.07 Å². The van der Waals surface area contributed by atoms with E-state index in [1.165, 1.54) is 0 Å². The molecule has 0 spiro atoms. The highest BCUT2D eigenvalue weighted by Gasteiger charge is 2.37. The molecule has 1 rings (SSSR count). The van der Waals surface area contributed by atoms with Gasteiger partial charge in [-0.2, -0.15) is 13.2 Å². The Bertz CT molecular complexity index is 389. The fourth-order valence-electron chi connectivity index (χ4n) is 1.03. The normalized spacial score (nSPS) is 12.2. The van der Waals surface area contributed by atoms with Crippen LogP contribution < -0.4 is 0 Å². The van der Waals surface area contributed by atoms with Gasteiger partial charge in [-0.1, -0.05) is 15.9 Å². The smallest absolute Gasteiger partial charge is 0.242 e. The van der Waals surface area contributed by atoms with Crippen LogP contribution in [0.5, 0.6) is 0 Å². The first kappa shape index (κ1) is 13.3. The van der Waals surface area contributed by atoms with E-state index in [-0.39, 0.29) is 0 Å². The fraction of sp³-hybridized carbons (Fsp3) is 0.375. The summed E-state index contributed by atoms with van der Waals surface area (Å²) >= 11 is 2.65. The zero-order chi connectivity index (χ0) is 12.5. The van der Waals surface area contributed by atoms with Crippen molar-refractivity contribution in [3.05, 3.63) is 28.8 Å². The minimum atomic E-state index is -4.96. The molecule has 0 aliphatic carbocycles. The van der Waals surface area contributed by atoms with Gasteiger partial charge in [-0.15, -0.1) is 0 Å². The van der Waals surface area contributed by atoms with Crippen LogP contribution in [0.25, 0.3) is 0 Å². The van der Waals surface area contributed by atoms with Gasteiger partial charge in [0.1, 0.15) is 11.5 Å². The van der Waals surface area contributed by atoms with Gasteiger partial charge in [-0.05, 0) is 0 Å². The van der Waals surface area contributed by atoms with E-state index >= 15 is 0 Å². The summed E-state index contributed by atoms with van der Waals surface area (Å²) in [6, 6.07) is 0.302. The Morgan fingerprint density at radius 1 is 1.31 bits per heavy atom. The van der Waals surface area contributed by atoms with Crippen LogP contribution in [0.3, 0.4) is 0 Å². The molecule has 0 amide bonds. The van der Waals surface area contributed by atoms with E-state index in [1.807, 2.05) is 0 Å². The second-order valence-electron chi connectivity index (χ2n) is 2.79. The Morgan fingerprint density at radius 2 is 1.88 bits per heavy atom. The summed E-state index contributed by atoms with van der Waals surface area (Å²) in [5, 5.41) is -0.454. The summed E-state index contributed by atoms with van der Waals surface area (Å²) in [5.41, 5.74) is -3.63. The van der Waals surface area contributed by atoms with Gasteiger partial charge in [0.15, 0.2) is 5.69 Å². The Kier molecular flexibility index (Phi) is 3.82. The molecule has 0 bridgehead atoms. The van der Waals surface area contributed by atoms with E-state index in [1.54, 1.807) is 0 Å². The van der Waals surface area contributed by atoms with E-state index in [2.05, 4.69) is 20.9 Å². The average molecular weight is 308 g/mol. The molecule has 90 valence electrons. The quantitative estimate of drug-likeness (QED) is 0.593. The summed E-state index contributed by atoms with van der Waals surface area (Å²) in [7, 11) is 0. The lowest BCUT2D eigenvalue weighted by molar-refractivity contribution is -0.142. The Morgan fingerprint density at radius 3 is 2.25 bits per heavy atom. The number of rotatable bonds is 2. The fourth-order valence-corrected chi connectivity index (χ4v) is 1.57. The maximum atomic E-state index is 13.1. The van der Waals surface area contributed by atoms with Crippen molar-refractivity contribution in [2.24, 2.45) is 0 Å². The molecule has 0 unspecified atom stereocenters. The van der Waals surface area contributed by atoms with Crippen LogP contribution in [0.4, 0.5) is 26.3 Å². The SMILES string of the molecule is Fc1cc(C(F)F)nc(C(F)(F)F)c1CBr. The first-order chi connectivity index (χ1) is 7.27. The van der Waals surface area contributed by atoms with Crippen molar-refractivity contribution in [1.82, 2.24) is 4.98 Å². The number of halogens is 7. The Hall–Kier alpha value is -0.790. The van der Waals surface area contributed by atoms with Crippen LogP contribution in [-0.4, -0.2) is 4.98 Å². The van der Waals surface area contributed by atoms with E-state index in [9.17, 15) is 26.3 Å². The highest BCUT2D eigenvalue weighted by Crippen LogP contribution is 2.34. The third-order valence-corrected chi connectivity index (χ3v) is 2.28. The van der Waals surface area contributed by atoms with Crippen LogP contribution in [0.2, 0.25) is 0 Å². The van der Waals surface area contributed by atoms with Gasteiger partial charge in [0.25, 0.3) is 6.43 Å². The van der Waals surface area contributed by atoms with Crippen molar-refractivity contribution in [1.29, 1.82) is 0 Å². The molecule has 0 aliphatic heterocycles. The van der Waals surface area contributed by atoms with Gasteiger partial charge in [0.2, 0.25) is 0 Å². The standard InChI is InChI=1S/C8H4BrF6N/c9-2-3-4(10)1-5(7(11)12)16-6(3)8(13,14)15/h1,7H,2H2. The molecule has 0 saturated heterocycles. The Balaban J connectivity index is 3.43. The van der Waals surface area contributed by atoms with Crippen LogP contribution >= 0.6 is 15.9 Å². The topological polar surface area (TPSA) is 12.9 Å². The van der Waals surface area contributed by atoms with E-state index < -0.39 is 40.7 Å². The highest BCUT2D eigenvalue weighted by molar-refractivity contribution is 9.08. The predicted octanol–water partition coefficient (Wildman–Crippen LogP) is 4.07. The second-order valence-corrected chi connectivity index (χ2v) is 3.35. The maximum Gasteiger partial charge on any atom is 0.433 e. The van der Waals surface area contributed by atoms with E-state index in [0.29, 0.717) is 6.07 Å². The molecule has 0 aromatic carbocycles. The summed E-state index contributed by atoms with van der Waals surface area (Å²) in [6.07, 6.45) is -8.21. The molecule has 8 heteroatoms. The molecule has 16 heavy (non-hydrogen) atoms. The number of hydrogen-bond acceptors (Lipinski definition) is 1. The minimum Gasteiger partial charge on any atom is -0.242 e. The lowest BCUT2D eigenvalue weighted by Gasteiger charge is -2.12. The molecular formula is C8H4BrF6N. The molecule has 1 nitrogen and oxygen atoms in total. The van der Waals surface area contributed by atoms with Crippen LogP contribution in [0, 0.1) is 5.82 Å². The maximum absolute atomic E-state index is 13.1. The number of hydrogen-bond donors (Lipinski definition) is 0. The van der Waals surface area contributed by atoms with Crippen molar-refractivity contribution in [2.45, 2.75) is 17.9 Å². The van der Waals surface area contributed by atoms with E-state index in [4.69, 9.17) is 0 Å². The Labute approximate surface area is 94.6 Å². The summed E-state index contributed by atoms with van der Waals surface area (Å²) in [5.74, 6) is -1.35. The molecule has 0 atom stereocenters. The zero-order valence-corrected chi connectivity index (χ0v) is 9.04. The van der Waals surface area contributed by atoms with Gasteiger partial charge < -0.3 is 0 Å². The summed E-state index contributed by atoms with van der Waals surface area (Å²) in [4.78, 5) is 2.73. The highest BCUT2D eigenvalue weighted by atomic mass is 79.9. The molecule has 1 heterocycles. The third-order valence-electron chi connectivity index (χ3n) is 1.72. The molecule has 1 aromatic rings. The molecule has 0 fully saturated rings. The van der Waals surface area contributed by atoms with Gasteiger partial charge in [0.05, 0.1) is 0 Å². The van der Waals surface area contributed by atoms with Crippen molar-refractivity contribution < 1.29 is 26.3 Å². The van der Waals surface area contributed by atoms with Crippen molar-refractivity contribution in [3.8, 4) is 0 Å². The number of alkyl halides is 6. The zero-order valence-electron chi connectivity index (χ0n) is 7.45. The molecule has 0 saturated carbocycles. The van der Waals surface area contributed by atoms with Gasteiger partial charge in [-0.3, -0.25) is 0 Å².